The summed E-state index contributed by atoms with van der Waals surface area (Å²) in [5, 5.41) is 11.7. The molecule has 2 heterocycles. The predicted molar refractivity (Wildman–Crippen MR) is 88.2 cm³/mol. The number of aromatic nitrogens is 1. The number of piperidine rings is 1. The molecule has 1 saturated heterocycles. The molecule has 6 heteroatoms. The molecule has 0 spiro atoms. The highest BCUT2D eigenvalue weighted by atomic mass is 16.2. The van der Waals surface area contributed by atoms with E-state index in [9.17, 15) is 9.59 Å². The standard InChI is InChI=1S/C18H16N4O2/c19-11-13-4-1-5-14(10-13)17(23)21-16-7-3-9-22(18(16)24)15-6-2-8-20-12-15/h1-2,4-6,8,10,12,16H,3,7,9H2,(H,21,23). The van der Waals surface area contributed by atoms with E-state index in [4.69, 9.17) is 5.26 Å². The number of amides is 2. The van der Waals surface area contributed by atoms with E-state index in [1.54, 1.807) is 41.6 Å². The number of anilines is 1. The van der Waals surface area contributed by atoms with Gasteiger partial charge in [-0.3, -0.25) is 14.6 Å². The first-order valence-electron chi connectivity index (χ1n) is 7.71. The number of hydrogen-bond donors (Lipinski definition) is 1. The fourth-order valence-corrected chi connectivity index (χ4v) is 2.75. The van der Waals surface area contributed by atoms with E-state index < -0.39 is 6.04 Å². The molecule has 3 rings (SSSR count). The van der Waals surface area contributed by atoms with Crippen LogP contribution < -0.4 is 10.2 Å². The first-order chi connectivity index (χ1) is 11.7. The van der Waals surface area contributed by atoms with Gasteiger partial charge in [0.05, 0.1) is 23.5 Å². The van der Waals surface area contributed by atoms with Gasteiger partial charge < -0.3 is 10.2 Å². The second-order valence-electron chi connectivity index (χ2n) is 5.56. The van der Waals surface area contributed by atoms with E-state index in [1.165, 1.54) is 6.07 Å². The van der Waals surface area contributed by atoms with Gasteiger partial charge in [-0.1, -0.05) is 6.07 Å². The Balaban J connectivity index is 1.74. The van der Waals surface area contributed by atoms with E-state index in [1.807, 2.05) is 12.1 Å². The highest BCUT2D eigenvalue weighted by Gasteiger charge is 2.31. The summed E-state index contributed by atoms with van der Waals surface area (Å²) in [4.78, 5) is 30.7. The Morgan fingerprint density at radius 3 is 2.96 bits per heavy atom. The highest BCUT2D eigenvalue weighted by Crippen LogP contribution is 2.20. The van der Waals surface area contributed by atoms with Crippen molar-refractivity contribution in [3.63, 3.8) is 0 Å². The Labute approximate surface area is 139 Å². The first-order valence-corrected chi connectivity index (χ1v) is 7.71. The van der Waals surface area contributed by atoms with Gasteiger partial charge in [0.25, 0.3) is 5.91 Å². The van der Waals surface area contributed by atoms with Gasteiger partial charge in [-0.15, -0.1) is 0 Å². The average Bonchev–Trinajstić information content (AvgIpc) is 2.64. The van der Waals surface area contributed by atoms with E-state index in [0.29, 0.717) is 24.1 Å². The molecule has 1 aliphatic heterocycles. The molecule has 1 aromatic carbocycles. The monoisotopic (exact) mass is 320 g/mol. The third-order valence-electron chi connectivity index (χ3n) is 3.96. The Morgan fingerprint density at radius 2 is 2.21 bits per heavy atom. The normalized spacial score (nSPS) is 17.2. The van der Waals surface area contributed by atoms with Crippen molar-refractivity contribution < 1.29 is 9.59 Å². The molecule has 0 aliphatic carbocycles. The fraction of sp³-hybridized carbons (Fsp3) is 0.222. The summed E-state index contributed by atoms with van der Waals surface area (Å²) < 4.78 is 0. The third-order valence-corrected chi connectivity index (χ3v) is 3.96. The van der Waals surface area contributed by atoms with Crippen LogP contribution in [0, 0.1) is 11.3 Å². The number of pyridine rings is 1. The molecular formula is C18H16N4O2. The Hall–Kier alpha value is -3.20. The molecule has 6 nitrogen and oxygen atoms in total. The largest absolute Gasteiger partial charge is 0.340 e. The number of nitrogens with zero attached hydrogens (tertiary/aromatic N) is 3. The Morgan fingerprint density at radius 1 is 1.33 bits per heavy atom. The molecule has 120 valence electrons. The molecule has 1 atom stereocenters. The zero-order chi connectivity index (χ0) is 16.9. The lowest BCUT2D eigenvalue weighted by Crippen LogP contribution is -2.52. The topological polar surface area (TPSA) is 86.1 Å². The minimum atomic E-state index is -0.572. The van der Waals surface area contributed by atoms with E-state index >= 15 is 0 Å². The fourth-order valence-electron chi connectivity index (χ4n) is 2.75. The molecule has 0 radical (unpaired) electrons. The van der Waals surface area contributed by atoms with Gasteiger partial charge in [-0.05, 0) is 43.2 Å². The lowest BCUT2D eigenvalue weighted by Gasteiger charge is -2.32. The lowest BCUT2D eigenvalue weighted by molar-refractivity contribution is -0.121. The van der Waals surface area contributed by atoms with E-state index in [2.05, 4.69) is 10.3 Å². The summed E-state index contributed by atoms with van der Waals surface area (Å²) in [5.74, 6) is -0.488. The van der Waals surface area contributed by atoms with Crippen molar-refractivity contribution in [3.05, 3.63) is 59.9 Å². The summed E-state index contributed by atoms with van der Waals surface area (Å²) in [6.07, 6.45) is 4.68. The predicted octanol–water partition coefficient (Wildman–Crippen LogP) is 1.88. The van der Waals surface area contributed by atoms with Crippen LogP contribution in [0.15, 0.2) is 48.8 Å². The minimum absolute atomic E-state index is 0.140. The van der Waals surface area contributed by atoms with E-state index in [0.717, 1.165) is 12.1 Å². The summed E-state index contributed by atoms with van der Waals surface area (Å²) in [5.41, 5.74) is 1.52. The number of benzene rings is 1. The molecule has 1 aromatic heterocycles. The molecule has 2 aromatic rings. The first kappa shape index (κ1) is 15.7. The maximum Gasteiger partial charge on any atom is 0.251 e. The Kier molecular flexibility index (Phi) is 4.52. The van der Waals surface area contributed by atoms with Crippen LogP contribution in [0.1, 0.15) is 28.8 Å². The maximum atomic E-state index is 12.6. The summed E-state index contributed by atoms with van der Waals surface area (Å²) >= 11 is 0. The van der Waals surface area contributed by atoms with Crippen LogP contribution in [-0.4, -0.2) is 29.4 Å². The van der Waals surface area contributed by atoms with Gasteiger partial charge in [-0.25, -0.2) is 0 Å². The minimum Gasteiger partial charge on any atom is -0.340 e. The second-order valence-corrected chi connectivity index (χ2v) is 5.56. The molecule has 1 aliphatic rings. The van der Waals surface area contributed by atoms with Crippen LogP contribution in [0.3, 0.4) is 0 Å². The van der Waals surface area contributed by atoms with Crippen LogP contribution >= 0.6 is 0 Å². The van der Waals surface area contributed by atoms with Crippen molar-refractivity contribution in [2.75, 3.05) is 11.4 Å². The van der Waals surface area contributed by atoms with E-state index in [-0.39, 0.29) is 11.8 Å². The number of carbonyl (C=O) groups is 2. The zero-order valence-electron chi connectivity index (χ0n) is 13.0. The van der Waals surface area contributed by atoms with Crippen LogP contribution in [0.4, 0.5) is 5.69 Å². The Bertz CT molecular complexity index is 798. The number of rotatable bonds is 3. The zero-order valence-corrected chi connectivity index (χ0v) is 13.0. The van der Waals surface area contributed by atoms with Gasteiger partial charge in [-0.2, -0.15) is 5.26 Å². The van der Waals surface area contributed by atoms with Gasteiger partial charge >= 0.3 is 0 Å². The van der Waals surface area contributed by atoms with Crippen LogP contribution in [0.25, 0.3) is 0 Å². The molecule has 0 saturated carbocycles. The number of nitriles is 1. The molecule has 1 fully saturated rings. The van der Waals surface area contributed by atoms with Crippen LogP contribution in [-0.2, 0) is 4.79 Å². The average molecular weight is 320 g/mol. The molecule has 2 amide bonds. The number of nitrogens with one attached hydrogen (secondary N) is 1. The SMILES string of the molecule is N#Cc1cccc(C(=O)NC2CCCN(c3cccnc3)C2=O)c1. The van der Waals surface area contributed by atoms with Crippen molar-refractivity contribution in [2.24, 2.45) is 0 Å². The molecule has 1 unspecified atom stereocenters. The van der Waals surface area contributed by atoms with Crippen LogP contribution in [0.5, 0.6) is 0 Å². The highest BCUT2D eigenvalue weighted by molar-refractivity contribution is 6.02. The molecule has 0 bridgehead atoms. The number of carbonyl (C=O) groups excluding carboxylic acids is 2. The van der Waals surface area contributed by atoms with Crippen molar-refractivity contribution >= 4 is 17.5 Å². The second kappa shape index (κ2) is 6.92. The maximum absolute atomic E-state index is 12.6. The van der Waals surface area contributed by atoms with Gasteiger partial charge in [0.15, 0.2) is 0 Å². The summed E-state index contributed by atoms with van der Waals surface area (Å²) in [6.45, 7) is 0.612. The van der Waals surface area contributed by atoms with Crippen molar-refractivity contribution in [2.45, 2.75) is 18.9 Å². The summed E-state index contributed by atoms with van der Waals surface area (Å²) in [7, 11) is 0. The molecule has 24 heavy (non-hydrogen) atoms. The number of hydrogen-bond acceptors (Lipinski definition) is 4. The quantitative estimate of drug-likeness (QED) is 0.935. The van der Waals surface area contributed by atoms with Crippen molar-refractivity contribution in [3.8, 4) is 6.07 Å². The van der Waals surface area contributed by atoms with Crippen molar-refractivity contribution in [1.29, 1.82) is 5.26 Å². The van der Waals surface area contributed by atoms with Gasteiger partial charge in [0, 0.05) is 18.3 Å². The molecular weight excluding hydrogens is 304 g/mol. The van der Waals surface area contributed by atoms with Gasteiger partial charge in [0.1, 0.15) is 6.04 Å². The van der Waals surface area contributed by atoms with Crippen LogP contribution in [0.2, 0.25) is 0 Å². The third kappa shape index (κ3) is 3.25. The summed E-state index contributed by atoms with van der Waals surface area (Å²) in [6, 6.07) is 11.5. The van der Waals surface area contributed by atoms with Gasteiger partial charge in [0.2, 0.25) is 5.91 Å². The lowest BCUT2D eigenvalue weighted by atomic mass is 10.0. The van der Waals surface area contributed by atoms with Crippen molar-refractivity contribution in [1.82, 2.24) is 10.3 Å². The molecule has 1 N–H and O–H groups in total. The smallest absolute Gasteiger partial charge is 0.251 e.